The Morgan fingerprint density at radius 3 is 2.56 bits per heavy atom. The van der Waals surface area contributed by atoms with Gasteiger partial charge < -0.3 is 4.40 Å². The highest BCUT2D eigenvalue weighted by Crippen LogP contribution is 2.30. The largest absolute Gasteiger partial charge is 0.305 e. The maximum atomic E-state index is 6.23. The average molecular weight is 386 g/mol. The zero-order valence-electron chi connectivity index (χ0n) is 9.07. The lowest BCUT2D eigenvalue weighted by Gasteiger charge is -2.00. The van der Waals surface area contributed by atoms with Gasteiger partial charge in [0.2, 0.25) is 0 Å². The fourth-order valence-electron chi connectivity index (χ4n) is 1.79. The van der Waals surface area contributed by atoms with Gasteiger partial charge in [-0.05, 0) is 40.2 Å². The van der Waals surface area contributed by atoms with Crippen LogP contribution in [0, 0.1) is 0 Å². The molecule has 0 aliphatic rings. The van der Waals surface area contributed by atoms with Crippen LogP contribution in [0.4, 0.5) is 0 Å². The molecule has 0 aliphatic carbocycles. The van der Waals surface area contributed by atoms with Gasteiger partial charge in [0, 0.05) is 26.9 Å². The predicted octanol–water partition coefficient (Wildman–Crippen LogP) is 5.18. The van der Waals surface area contributed by atoms with Crippen molar-refractivity contribution in [2.24, 2.45) is 0 Å². The van der Waals surface area contributed by atoms with Crippen molar-refractivity contribution in [2.45, 2.75) is 0 Å². The summed E-state index contributed by atoms with van der Waals surface area (Å²) in [6.07, 6.45) is 3.94. The first-order chi connectivity index (χ1) is 8.63. The molecule has 2 nitrogen and oxygen atoms in total. The number of hydrogen-bond donors (Lipinski definition) is 0. The molecular weight excluding hydrogens is 379 g/mol. The van der Waals surface area contributed by atoms with Crippen LogP contribution in [0.25, 0.3) is 16.9 Å². The van der Waals surface area contributed by atoms with Crippen molar-refractivity contribution in [1.82, 2.24) is 9.38 Å². The number of rotatable bonds is 1. The van der Waals surface area contributed by atoms with E-state index in [2.05, 4.69) is 36.8 Å². The summed E-state index contributed by atoms with van der Waals surface area (Å²) in [4.78, 5) is 4.56. The third kappa shape index (κ3) is 2.20. The van der Waals surface area contributed by atoms with Crippen LogP contribution in [-0.4, -0.2) is 9.38 Å². The van der Waals surface area contributed by atoms with Gasteiger partial charge in [0.25, 0.3) is 0 Å². The third-order valence-corrected chi connectivity index (χ3v) is 3.90. The zero-order valence-corrected chi connectivity index (χ0v) is 13.0. The Hall–Kier alpha value is -0.840. The fourth-order valence-corrected chi connectivity index (χ4v) is 2.91. The molecule has 5 heteroatoms. The number of fused-ring (bicyclic) bond motifs is 1. The Bertz CT molecular complexity index is 737. The van der Waals surface area contributed by atoms with Crippen molar-refractivity contribution in [1.29, 1.82) is 0 Å². The van der Waals surface area contributed by atoms with Crippen molar-refractivity contribution in [3.63, 3.8) is 0 Å². The van der Waals surface area contributed by atoms with Crippen LogP contribution >= 0.6 is 43.5 Å². The molecule has 0 amide bonds. The van der Waals surface area contributed by atoms with E-state index in [1.807, 2.05) is 47.1 Å². The minimum absolute atomic E-state index is 0.687. The number of hydrogen-bond acceptors (Lipinski definition) is 1. The molecule has 3 aromatic rings. The number of nitrogens with zero attached hydrogens (tertiary/aromatic N) is 2. The topological polar surface area (TPSA) is 17.3 Å². The highest BCUT2D eigenvalue weighted by Gasteiger charge is 2.08. The summed E-state index contributed by atoms with van der Waals surface area (Å²) in [5, 5.41) is 0.687. The van der Waals surface area contributed by atoms with Crippen LogP contribution in [-0.2, 0) is 0 Å². The molecule has 0 bridgehead atoms. The van der Waals surface area contributed by atoms with E-state index in [0.29, 0.717) is 5.02 Å². The zero-order chi connectivity index (χ0) is 12.7. The lowest BCUT2D eigenvalue weighted by Crippen LogP contribution is -1.80. The first-order valence-electron chi connectivity index (χ1n) is 5.23. The Labute approximate surface area is 126 Å². The molecule has 3 rings (SSSR count). The summed E-state index contributed by atoms with van der Waals surface area (Å²) >= 11 is 13.1. The van der Waals surface area contributed by atoms with Gasteiger partial charge in [0.1, 0.15) is 5.65 Å². The van der Waals surface area contributed by atoms with Gasteiger partial charge >= 0.3 is 0 Å². The van der Waals surface area contributed by atoms with Crippen molar-refractivity contribution in [3.05, 3.63) is 56.7 Å². The average Bonchev–Trinajstić information content (AvgIpc) is 2.71. The molecule has 90 valence electrons. The summed E-state index contributed by atoms with van der Waals surface area (Å²) in [5.74, 6) is 0. The van der Waals surface area contributed by atoms with Crippen LogP contribution in [0.1, 0.15) is 0 Å². The number of pyridine rings is 1. The standard InChI is InChI=1S/C13H7Br2ClN2/c14-8-1-3-10(11(16)5-8)12-7-18-6-9(15)2-4-13(18)17-12/h1-7H. The highest BCUT2D eigenvalue weighted by atomic mass is 79.9. The Morgan fingerprint density at radius 1 is 1.00 bits per heavy atom. The van der Waals surface area contributed by atoms with Crippen molar-refractivity contribution >= 4 is 49.1 Å². The number of benzene rings is 1. The second-order valence-electron chi connectivity index (χ2n) is 3.86. The van der Waals surface area contributed by atoms with Crippen LogP contribution in [0.3, 0.4) is 0 Å². The first kappa shape index (κ1) is 12.2. The van der Waals surface area contributed by atoms with Gasteiger partial charge in [-0.15, -0.1) is 0 Å². The second kappa shape index (κ2) is 4.68. The fraction of sp³-hybridized carbons (Fsp3) is 0. The first-order valence-corrected chi connectivity index (χ1v) is 7.19. The van der Waals surface area contributed by atoms with E-state index in [9.17, 15) is 0 Å². The lowest BCUT2D eigenvalue weighted by atomic mass is 10.2. The number of aromatic nitrogens is 2. The van der Waals surface area contributed by atoms with E-state index >= 15 is 0 Å². The Kier molecular flexibility index (Phi) is 3.18. The van der Waals surface area contributed by atoms with Crippen molar-refractivity contribution in [2.75, 3.05) is 0 Å². The van der Waals surface area contributed by atoms with E-state index in [1.165, 1.54) is 0 Å². The quantitative estimate of drug-likeness (QED) is 0.563. The summed E-state index contributed by atoms with van der Waals surface area (Å²) < 4.78 is 3.95. The van der Waals surface area contributed by atoms with Gasteiger partial charge in [0.15, 0.2) is 0 Å². The third-order valence-electron chi connectivity index (χ3n) is 2.62. The molecule has 2 aromatic heterocycles. The molecule has 0 N–H and O–H groups in total. The molecule has 0 saturated carbocycles. The van der Waals surface area contributed by atoms with E-state index in [0.717, 1.165) is 25.8 Å². The summed E-state index contributed by atoms with van der Waals surface area (Å²) in [6, 6.07) is 9.72. The molecule has 18 heavy (non-hydrogen) atoms. The highest BCUT2D eigenvalue weighted by molar-refractivity contribution is 9.10. The van der Waals surface area contributed by atoms with E-state index in [-0.39, 0.29) is 0 Å². The second-order valence-corrected chi connectivity index (χ2v) is 6.10. The van der Waals surface area contributed by atoms with E-state index in [1.54, 1.807) is 0 Å². The van der Waals surface area contributed by atoms with Gasteiger partial charge in [-0.1, -0.05) is 33.6 Å². The molecule has 0 unspecified atom stereocenters. The van der Waals surface area contributed by atoms with Crippen molar-refractivity contribution in [3.8, 4) is 11.3 Å². The monoisotopic (exact) mass is 384 g/mol. The summed E-state index contributed by atoms with van der Waals surface area (Å²) in [7, 11) is 0. The van der Waals surface area contributed by atoms with Gasteiger partial charge in [-0.3, -0.25) is 0 Å². The van der Waals surface area contributed by atoms with E-state index in [4.69, 9.17) is 11.6 Å². The maximum Gasteiger partial charge on any atom is 0.137 e. The lowest BCUT2D eigenvalue weighted by molar-refractivity contribution is 1.17. The van der Waals surface area contributed by atoms with Crippen LogP contribution in [0.15, 0.2) is 51.7 Å². The Balaban J connectivity index is 2.19. The van der Waals surface area contributed by atoms with Gasteiger partial charge in [-0.2, -0.15) is 0 Å². The molecule has 0 aliphatic heterocycles. The minimum Gasteiger partial charge on any atom is -0.305 e. The molecule has 0 fully saturated rings. The van der Waals surface area contributed by atoms with Gasteiger partial charge in [-0.25, -0.2) is 4.98 Å². The SMILES string of the molecule is Clc1cc(Br)ccc1-c1cn2cc(Br)ccc2n1. The minimum atomic E-state index is 0.687. The number of halogens is 3. The molecule has 0 saturated heterocycles. The predicted molar refractivity (Wildman–Crippen MR) is 81.0 cm³/mol. The molecule has 1 aromatic carbocycles. The molecule has 0 radical (unpaired) electrons. The number of imidazole rings is 1. The van der Waals surface area contributed by atoms with Crippen LogP contribution in [0.5, 0.6) is 0 Å². The van der Waals surface area contributed by atoms with Gasteiger partial charge in [0.05, 0.1) is 10.7 Å². The molecular formula is C13H7Br2ClN2. The smallest absolute Gasteiger partial charge is 0.137 e. The maximum absolute atomic E-state index is 6.23. The molecule has 0 spiro atoms. The summed E-state index contributed by atoms with van der Waals surface area (Å²) in [5.41, 5.74) is 2.69. The van der Waals surface area contributed by atoms with Crippen molar-refractivity contribution < 1.29 is 0 Å². The van der Waals surface area contributed by atoms with Crippen LogP contribution < -0.4 is 0 Å². The molecule has 2 heterocycles. The van der Waals surface area contributed by atoms with E-state index < -0.39 is 0 Å². The Morgan fingerprint density at radius 2 is 1.78 bits per heavy atom. The summed E-state index contributed by atoms with van der Waals surface area (Å²) in [6.45, 7) is 0. The van der Waals surface area contributed by atoms with Crippen LogP contribution in [0.2, 0.25) is 5.02 Å². The normalized spacial score (nSPS) is 11.1. The molecule has 0 atom stereocenters.